The van der Waals surface area contributed by atoms with E-state index in [1.807, 2.05) is 13.0 Å². The van der Waals surface area contributed by atoms with Gasteiger partial charge in [-0.05, 0) is 32.3 Å². The summed E-state index contributed by atoms with van der Waals surface area (Å²) in [6, 6.07) is 3.95. The van der Waals surface area contributed by atoms with E-state index in [1.54, 1.807) is 6.20 Å². The first-order valence-corrected chi connectivity index (χ1v) is 12.3. The van der Waals surface area contributed by atoms with Gasteiger partial charge in [0.1, 0.15) is 22.4 Å². The SMILES string of the molecule is Cc1nc(NC2CC2)nc(N[C@@H]2CC(CO)[C@@H](O)[C@H]2O)c1-c1nc2c(CCC#N)nccc2s1. The molecular weight excluding hydrogens is 454 g/mol. The van der Waals surface area contributed by atoms with Crippen LogP contribution in [-0.2, 0) is 6.42 Å². The van der Waals surface area contributed by atoms with Crippen molar-refractivity contribution < 1.29 is 15.3 Å². The Kier molecular flexibility index (Phi) is 6.31. The molecule has 0 radical (unpaired) electrons. The van der Waals surface area contributed by atoms with Crippen LogP contribution in [0.2, 0.25) is 0 Å². The topological polar surface area (TPSA) is 160 Å². The van der Waals surface area contributed by atoms with Gasteiger partial charge in [0.05, 0.1) is 39.9 Å². The number of nitrogens with one attached hydrogen (secondary N) is 2. The smallest absolute Gasteiger partial charge is 0.225 e. The van der Waals surface area contributed by atoms with Gasteiger partial charge in [0.15, 0.2) is 0 Å². The molecule has 2 aliphatic carbocycles. The van der Waals surface area contributed by atoms with Gasteiger partial charge in [-0.2, -0.15) is 10.2 Å². The molecule has 4 atom stereocenters. The summed E-state index contributed by atoms with van der Waals surface area (Å²) in [5, 5.41) is 46.8. The van der Waals surface area contributed by atoms with Crippen molar-refractivity contribution in [3.8, 4) is 16.6 Å². The highest BCUT2D eigenvalue weighted by molar-refractivity contribution is 7.21. The number of hydrogen-bond acceptors (Lipinski definition) is 11. The van der Waals surface area contributed by atoms with Gasteiger partial charge in [0.25, 0.3) is 0 Å². The third-order valence-electron chi connectivity index (χ3n) is 6.43. The van der Waals surface area contributed by atoms with E-state index in [-0.39, 0.29) is 6.61 Å². The summed E-state index contributed by atoms with van der Waals surface area (Å²) in [5.41, 5.74) is 3.00. The minimum Gasteiger partial charge on any atom is -0.396 e. The highest BCUT2D eigenvalue weighted by atomic mass is 32.1. The van der Waals surface area contributed by atoms with Crippen molar-refractivity contribution in [3.05, 3.63) is 23.7 Å². The largest absolute Gasteiger partial charge is 0.396 e. The molecule has 3 aromatic rings. The summed E-state index contributed by atoms with van der Waals surface area (Å²) in [6.07, 6.45) is 3.15. The molecule has 5 rings (SSSR count). The molecular formula is C23H27N7O3S. The zero-order valence-electron chi connectivity index (χ0n) is 18.8. The standard InChI is InChI=1S/C23H27N7O3S/c1-11-17(22-29-18-14(3-2-7-24)25-8-6-16(18)34-22)21(30-23(26-11)27-13-4-5-13)28-15-9-12(10-31)19(32)20(15)33/h6,8,12-13,15,19-20,31-33H,2-5,9-10H2,1H3,(H2,26,27,28,30)/t12?,15-,19-,20+/m1/s1. The molecule has 10 nitrogen and oxygen atoms in total. The lowest BCUT2D eigenvalue weighted by Crippen LogP contribution is -2.35. The lowest BCUT2D eigenvalue weighted by Gasteiger charge is -2.21. The van der Waals surface area contributed by atoms with Crippen LogP contribution < -0.4 is 10.6 Å². The van der Waals surface area contributed by atoms with Gasteiger partial charge >= 0.3 is 0 Å². The van der Waals surface area contributed by atoms with Crippen molar-refractivity contribution in [2.24, 2.45) is 5.92 Å². The number of anilines is 2. The molecule has 3 heterocycles. The monoisotopic (exact) mass is 481 g/mol. The summed E-state index contributed by atoms with van der Waals surface area (Å²) >= 11 is 1.50. The second-order valence-corrected chi connectivity index (χ2v) is 10.00. The summed E-state index contributed by atoms with van der Waals surface area (Å²) in [6.45, 7) is 1.70. The van der Waals surface area contributed by atoms with E-state index >= 15 is 0 Å². The zero-order valence-corrected chi connectivity index (χ0v) is 19.6. The van der Waals surface area contributed by atoms with Gasteiger partial charge in [-0.15, -0.1) is 11.3 Å². The Morgan fingerprint density at radius 3 is 2.71 bits per heavy atom. The van der Waals surface area contributed by atoms with Crippen molar-refractivity contribution in [3.63, 3.8) is 0 Å². The number of fused-ring (bicyclic) bond motifs is 1. The van der Waals surface area contributed by atoms with Gasteiger partial charge < -0.3 is 26.0 Å². The molecule has 1 unspecified atom stereocenters. The molecule has 11 heteroatoms. The van der Waals surface area contributed by atoms with Crippen LogP contribution >= 0.6 is 11.3 Å². The average molecular weight is 482 g/mol. The van der Waals surface area contributed by atoms with Gasteiger partial charge in [0, 0.05) is 37.6 Å². The number of nitriles is 1. The maximum Gasteiger partial charge on any atom is 0.225 e. The number of aromatic nitrogens is 4. The summed E-state index contributed by atoms with van der Waals surface area (Å²) in [4.78, 5) is 18.7. The van der Waals surface area contributed by atoms with E-state index in [0.29, 0.717) is 42.1 Å². The van der Waals surface area contributed by atoms with Gasteiger partial charge in [-0.25, -0.2) is 9.97 Å². The van der Waals surface area contributed by atoms with Crippen LogP contribution in [0.1, 0.15) is 37.1 Å². The maximum atomic E-state index is 10.6. The van der Waals surface area contributed by atoms with Crippen LogP contribution in [-0.4, -0.2) is 66.2 Å². The Labute approximate surface area is 200 Å². The first-order chi connectivity index (χ1) is 16.5. The number of thiazole rings is 1. The molecule has 178 valence electrons. The van der Waals surface area contributed by atoms with E-state index in [1.165, 1.54) is 11.3 Å². The molecule has 2 fully saturated rings. The van der Waals surface area contributed by atoms with Crippen molar-refractivity contribution in [1.82, 2.24) is 19.9 Å². The Morgan fingerprint density at radius 1 is 1.18 bits per heavy atom. The number of pyridine rings is 1. The molecule has 0 spiro atoms. The van der Waals surface area contributed by atoms with Crippen LogP contribution in [0.25, 0.3) is 20.8 Å². The summed E-state index contributed by atoms with van der Waals surface area (Å²) in [7, 11) is 0. The normalized spacial score (nSPS) is 24.3. The van der Waals surface area contributed by atoms with Gasteiger partial charge in [-0.3, -0.25) is 4.98 Å². The molecule has 2 saturated carbocycles. The molecule has 5 N–H and O–H groups in total. The lowest BCUT2D eigenvalue weighted by molar-refractivity contribution is 0.00446. The fourth-order valence-electron chi connectivity index (χ4n) is 4.40. The molecule has 2 aliphatic rings. The molecule has 3 aromatic heterocycles. The van der Waals surface area contributed by atoms with Gasteiger partial charge in [0.2, 0.25) is 5.95 Å². The Hall–Kier alpha value is -2.91. The fraction of sp³-hybridized carbons (Fsp3) is 0.522. The number of aliphatic hydroxyl groups excluding tert-OH is 3. The molecule has 0 aliphatic heterocycles. The number of aliphatic hydroxyl groups is 3. The Morgan fingerprint density at radius 2 is 2.00 bits per heavy atom. The number of nitrogens with zero attached hydrogens (tertiary/aromatic N) is 5. The Bertz CT molecular complexity index is 1240. The third-order valence-corrected chi connectivity index (χ3v) is 7.47. The minimum absolute atomic E-state index is 0.198. The first kappa shape index (κ1) is 22.9. The number of rotatable bonds is 8. The summed E-state index contributed by atoms with van der Waals surface area (Å²) in [5.74, 6) is 0.630. The molecule has 0 amide bonds. The molecule has 0 bridgehead atoms. The second kappa shape index (κ2) is 9.38. The predicted octanol–water partition coefficient (Wildman–Crippen LogP) is 2.00. The van der Waals surface area contributed by atoms with E-state index in [0.717, 1.165) is 40.0 Å². The second-order valence-electron chi connectivity index (χ2n) is 8.97. The van der Waals surface area contributed by atoms with Crippen molar-refractivity contribution in [2.45, 2.75) is 63.3 Å². The van der Waals surface area contributed by atoms with Crippen LogP contribution in [0, 0.1) is 24.2 Å². The van der Waals surface area contributed by atoms with Crippen LogP contribution in [0.4, 0.5) is 11.8 Å². The zero-order chi connectivity index (χ0) is 23.8. The van der Waals surface area contributed by atoms with Crippen LogP contribution in [0.15, 0.2) is 12.3 Å². The quantitative estimate of drug-likeness (QED) is 0.322. The minimum atomic E-state index is -1.03. The predicted molar refractivity (Wildman–Crippen MR) is 128 cm³/mol. The molecule has 0 saturated heterocycles. The van der Waals surface area contributed by atoms with Crippen molar-refractivity contribution in [2.75, 3.05) is 17.2 Å². The van der Waals surface area contributed by atoms with E-state index in [2.05, 4.69) is 26.7 Å². The summed E-state index contributed by atoms with van der Waals surface area (Å²) < 4.78 is 0.958. The van der Waals surface area contributed by atoms with Crippen LogP contribution in [0.5, 0.6) is 0 Å². The van der Waals surface area contributed by atoms with E-state index < -0.39 is 24.2 Å². The molecule has 0 aromatic carbocycles. The average Bonchev–Trinajstić information content (AvgIpc) is 3.46. The van der Waals surface area contributed by atoms with Crippen LogP contribution in [0.3, 0.4) is 0 Å². The van der Waals surface area contributed by atoms with E-state index in [9.17, 15) is 15.3 Å². The maximum absolute atomic E-state index is 10.6. The van der Waals surface area contributed by atoms with E-state index in [4.69, 9.17) is 15.2 Å². The highest BCUT2D eigenvalue weighted by Crippen LogP contribution is 2.39. The highest BCUT2D eigenvalue weighted by Gasteiger charge is 2.41. The van der Waals surface area contributed by atoms with Crippen molar-refractivity contribution in [1.29, 1.82) is 5.26 Å². The molecule has 34 heavy (non-hydrogen) atoms. The lowest BCUT2D eigenvalue weighted by atomic mass is 10.1. The van der Waals surface area contributed by atoms with Gasteiger partial charge in [-0.1, -0.05) is 0 Å². The number of aryl methyl sites for hydroxylation is 2. The third kappa shape index (κ3) is 4.42. The number of hydrogen-bond donors (Lipinski definition) is 5. The fourth-order valence-corrected chi connectivity index (χ4v) is 5.49. The first-order valence-electron chi connectivity index (χ1n) is 11.5. The van der Waals surface area contributed by atoms with Crippen molar-refractivity contribution >= 4 is 33.3 Å². The Balaban J connectivity index is 1.55.